The maximum Gasteiger partial charge on any atom is 0.335 e. The van der Waals surface area contributed by atoms with Crippen LogP contribution in [-0.4, -0.2) is 29.5 Å². The van der Waals surface area contributed by atoms with E-state index in [1.165, 1.54) is 7.11 Å². The SMILES string of the molecule is CCc1ccc(C(=O)O)cc1/N=C/C1=CCCC(OC)=C1O. The van der Waals surface area contributed by atoms with Crippen molar-refractivity contribution in [2.45, 2.75) is 26.2 Å². The molecule has 0 radical (unpaired) electrons. The summed E-state index contributed by atoms with van der Waals surface area (Å²) in [6, 6.07) is 4.88. The highest BCUT2D eigenvalue weighted by atomic mass is 16.5. The van der Waals surface area contributed by atoms with Gasteiger partial charge in [-0.25, -0.2) is 4.79 Å². The monoisotopic (exact) mass is 301 g/mol. The standard InChI is InChI=1S/C17H19NO4/c1-3-11-7-8-12(17(20)21)9-14(11)18-10-13-5-4-6-15(22-2)16(13)19/h5,7-10,19H,3-4,6H2,1-2H3,(H,20,21)/b18-10+. The second kappa shape index (κ2) is 6.93. The quantitative estimate of drug-likeness (QED) is 0.811. The van der Waals surface area contributed by atoms with Gasteiger partial charge in [0.05, 0.1) is 18.4 Å². The van der Waals surface area contributed by atoms with E-state index < -0.39 is 5.97 Å². The van der Waals surface area contributed by atoms with Gasteiger partial charge >= 0.3 is 5.97 Å². The average Bonchev–Trinajstić information content (AvgIpc) is 2.53. The lowest BCUT2D eigenvalue weighted by Crippen LogP contribution is -2.03. The lowest BCUT2D eigenvalue weighted by molar-refractivity contribution is 0.0697. The van der Waals surface area contributed by atoms with Gasteiger partial charge in [0, 0.05) is 18.2 Å². The number of hydrogen-bond acceptors (Lipinski definition) is 4. The highest BCUT2D eigenvalue weighted by Crippen LogP contribution is 2.25. The average molecular weight is 301 g/mol. The van der Waals surface area contributed by atoms with Gasteiger partial charge in [-0.2, -0.15) is 0 Å². The van der Waals surface area contributed by atoms with Crippen molar-refractivity contribution in [2.75, 3.05) is 7.11 Å². The molecule has 0 unspecified atom stereocenters. The van der Waals surface area contributed by atoms with Gasteiger partial charge < -0.3 is 14.9 Å². The first-order valence-electron chi connectivity index (χ1n) is 7.13. The fourth-order valence-corrected chi connectivity index (χ4v) is 2.30. The first-order chi connectivity index (χ1) is 10.6. The Morgan fingerprint density at radius 1 is 1.45 bits per heavy atom. The summed E-state index contributed by atoms with van der Waals surface area (Å²) in [5.74, 6) is -0.357. The summed E-state index contributed by atoms with van der Waals surface area (Å²) < 4.78 is 5.13. The van der Waals surface area contributed by atoms with E-state index in [-0.39, 0.29) is 11.3 Å². The summed E-state index contributed by atoms with van der Waals surface area (Å²) in [5.41, 5.74) is 2.33. The van der Waals surface area contributed by atoms with Crippen molar-refractivity contribution in [1.29, 1.82) is 0 Å². The number of ether oxygens (including phenoxy) is 1. The second-order valence-electron chi connectivity index (χ2n) is 4.93. The van der Waals surface area contributed by atoms with Crippen LogP contribution in [-0.2, 0) is 11.2 Å². The van der Waals surface area contributed by atoms with Crippen molar-refractivity contribution in [3.63, 3.8) is 0 Å². The van der Waals surface area contributed by atoms with Crippen LogP contribution in [0.4, 0.5) is 5.69 Å². The molecule has 0 bridgehead atoms. The van der Waals surface area contributed by atoms with Crippen molar-refractivity contribution in [2.24, 2.45) is 4.99 Å². The molecule has 1 aromatic carbocycles. The first-order valence-corrected chi connectivity index (χ1v) is 7.13. The van der Waals surface area contributed by atoms with Crippen molar-refractivity contribution in [3.8, 4) is 0 Å². The van der Waals surface area contributed by atoms with Crippen LogP contribution in [0.3, 0.4) is 0 Å². The van der Waals surface area contributed by atoms with Crippen LogP contribution in [0.5, 0.6) is 0 Å². The number of benzene rings is 1. The highest BCUT2D eigenvalue weighted by molar-refractivity contribution is 5.90. The van der Waals surface area contributed by atoms with Crippen LogP contribution >= 0.6 is 0 Å². The maximum atomic E-state index is 11.1. The summed E-state index contributed by atoms with van der Waals surface area (Å²) in [7, 11) is 1.52. The highest BCUT2D eigenvalue weighted by Gasteiger charge is 2.14. The lowest BCUT2D eigenvalue weighted by atomic mass is 10.0. The number of rotatable bonds is 5. The second-order valence-corrected chi connectivity index (χ2v) is 4.93. The Kier molecular flexibility index (Phi) is 4.99. The minimum atomic E-state index is -0.986. The number of carbonyl (C=O) groups is 1. The van der Waals surface area contributed by atoms with Crippen molar-refractivity contribution >= 4 is 17.9 Å². The molecule has 0 atom stereocenters. The van der Waals surface area contributed by atoms with Gasteiger partial charge in [0.1, 0.15) is 5.76 Å². The van der Waals surface area contributed by atoms with Gasteiger partial charge in [0.25, 0.3) is 0 Å². The number of carboxylic acid groups (broad SMARTS) is 1. The Balaban J connectivity index is 2.33. The zero-order chi connectivity index (χ0) is 16.1. The van der Waals surface area contributed by atoms with E-state index in [1.807, 2.05) is 13.0 Å². The third kappa shape index (κ3) is 3.36. The molecule has 1 aliphatic carbocycles. The fourth-order valence-electron chi connectivity index (χ4n) is 2.30. The molecule has 0 amide bonds. The summed E-state index contributed by atoms with van der Waals surface area (Å²) in [4.78, 5) is 15.4. The Morgan fingerprint density at radius 2 is 2.23 bits per heavy atom. The topological polar surface area (TPSA) is 79.1 Å². The number of carboxylic acids is 1. The molecule has 0 aliphatic heterocycles. The van der Waals surface area contributed by atoms with Gasteiger partial charge in [0.15, 0.2) is 5.76 Å². The Morgan fingerprint density at radius 3 is 2.86 bits per heavy atom. The molecule has 1 aliphatic rings. The van der Waals surface area contributed by atoms with E-state index >= 15 is 0 Å². The number of aromatic carboxylic acids is 1. The van der Waals surface area contributed by atoms with Crippen molar-refractivity contribution in [3.05, 3.63) is 52.5 Å². The summed E-state index contributed by atoms with van der Waals surface area (Å²) in [5, 5.41) is 19.1. The minimum Gasteiger partial charge on any atom is -0.504 e. The number of nitrogens with zero attached hydrogens (tertiary/aromatic N) is 1. The van der Waals surface area contributed by atoms with Gasteiger partial charge in [-0.1, -0.05) is 19.1 Å². The van der Waals surface area contributed by atoms with Gasteiger partial charge in [-0.3, -0.25) is 4.99 Å². The zero-order valence-electron chi connectivity index (χ0n) is 12.7. The van der Waals surface area contributed by atoms with Crippen LogP contribution in [0.1, 0.15) is 35.7 Å². The van der Waals surface area contributed by atoms with Crippen LogP contribution in [0.15, 0.2) is 46.4 Å². The molecular formula is C17H19NO4. The van der Waals surface area contributed by atoms with Crippen LogP contribution in [0.25, 0.3) is 0 Å². The number of aliphatic imine (C=N–C) groups is 1. The number of hydrogen-bond donors (Lipinski definition) is 2. The molecular weight excluding hydrogens is 282 g/mol. The van der Waals surface area contributed by atoms with Gasteiger partial charge in [-0.05, 0) is 30.5 Å². The minimum absolute atomic E-state index is 0.0879. The van der Waals surface area contributed by atoms with Crippen LogP contribution in [0.2, 0.25) is 0 Å². The molecule has 116 valence electrons. The molecule has 0 heterocycles. The summed E-state index contributed by atoms with van der Waals surface area (Å²) in [6.07, 6.45) is 5.61. The van der Waals surface area contributed by atoms with E-state index in [2.05, 4.69) is 4.99 Å². The molecule has 5 nitrogen and oxygen atoms in total. The molecule has 0 saturated carbocycles. The molecule has 0 saturated heterocycles. The lowest BCUT2D eigenvalue weighted by Gasteiger charge is -2.14. The van der Waals surface area contributed by atoms with Gasteiger partial charge in [-0.15, -0.1) is 0 Å². The maximum absolute atomic E-state index is 11.1. The first kappa shape index (κ1) is 15.8. The third-order valence-corrected chi connectivity index (χ3v) is 3.58. The largest absolute Gasteiger partial charge is 0.504 e. The van der Waals surface area contributed by atoms with E-state index in [0.717, 1.165) is 18.4 Å². The Labute approximate surface area is 129 Å². The molecule has 2 N–H and O–H groups in total. The molecule has 2 rings (SSSR count). The van der Waals surface area contributed by atoms with E-state index in [0.29, 0.717) is 23.4 Å². The predicted octanol–water partition coefficient (Wildman–Crippen LogP) is 3.79. The molecule has 0 fully saturated rings. The number of aryl methyl sites for hydroxylation is 1. The molecule has 5 heteroatoms. The van der Waals surface area contributed by atoms with Crippen molar-refractivity contribution < 1.29 is 19.7 Å². The van der Waals surface area contributed by atoms with E-state index in [1.54, 1.807) is 24.4 Å². The number of aliphatic hydroxyl groups is 1. The molecule has 22 heavy (non-hydrogen) atoms. The number of aliphatic hydroxyl groups excluding tert-OH is 1. The predicted molar refractivity (Wildman–Crippen MR) is 84.9 cm³/mol. The normalized spacial score (nSPS) is 15.1. The molecule has 1 aromatic rings. The molecule has 0 spiro atoms. The van der Waals surface area contributed by atoms with Crippen molar-refractivity contribution in [1.82, 2.24) is 0 Å². The fraction of sp³-hybridized carbons (Fsp3) is 0.294. The number of methoxy groups -OCH3 is 1. The smallest absolute Gasteiger partial charge is 0.335 e. The van der Waals surface area contributed by atoms with E-state index in [9.17, 15) is 9.90 Å². The Hall–Kier alpha value is -2.56. The summed E-state index contributed by atoms with van der Waals surface area (Å²) >= 11 is 0. The van der Waals surface area contributed by atoms with E-state index in [4.69, 9.17) is 9.84 Å². The van der Waals surface area contributed by atoms with Crippen LogP contribution in [0, 0.1) is 0 Å². The molecule has 0 aromatic heterocycles. The zero-order valence-corrected chi connectivity index (χ0v) is 12.7. The Bertz CT molecular complexity index is 671. The van der Waals surface area contributed by atoms with Gasteiger partial charge in [0.2, 0.25) is 0 Å². The third-order valence-electron chi connectivity index (χ3n) is 3.58. The number of allylic oxidation sites excluding steroid dienone is 3. The summed E-state index contributed by atoms with van der Waals surface area (Å²) in [6.45, 7) is 1.98. The van der Waals surface area contributed by atoms with Crippen LogP contribution < -0.4 is 0 Å².